The molecular formula is C18H27NO5. The molecule has 0 radical (unpaired) electrons. The predicted molar refractivity (Wildman–Crippen MR) is 90.0 cm³/mol. The van der Waals surface area contributed by atoms with Crippen molar-refractivity contribution in [1.82, 2.24) is 5.48 Å². The fraction of sp³-hybridized carbons (Fsp3) is 0.556. The first-order valence-electron chi connectivity index (χ1n) is 8.17. The van der Waals surface area contributed by atoms with Crippen LogP contribution >= 0.6 is 0 Å². The third-order valence-electron chi connectivity index (χ3n) is 2.92. The van der Waals surface area contributed by atoms with Crippen LogP contribution in [0.1, 0.15) is 52.0 Å². The van der Waals surface area contributed by atoms with Gasteiger partial charge in [-0.1, -0.05) is 36.8 Å². The van der Waals surface area contributed by atoms with Crippen LogP contribution in [0.3, 0.4) is 0 Å². The number of unbranched alkanes of at least 4 members (excludes halogenated alkanes) is 2. The summed E-state index contributed by atoms with van der Waals surface area (Å²) in [6.07, 6.45) is 2.06. The van der Waals surface area contributed by atoms with Gasteiger partial charge in [0.05, 0.1) is 6.61 Å². The number of hydrogen-bond acceptors (Lipinski definition) is 5. The van der Waals surface area contributed by atoms with Gasteiger partial charge in [0.25, 0.3) is 0 Å². The molecule has 6 heteroatoms. The van der Waals surface area contributed by atoms with E-state index in [0.717, 1.165) is 24.8 Å². The van der Waals surface area contributed by atoms with E-state index < -0.39 is 11.7 Å². The summed E-state index contributed by atoms with van der Waals surface area (Å²) in [6.45, 7) is 6.03. The number of carbonyl (C=O) groups excluding carboxylic acids is 2. The van der Waals surface area contributed by atoms with Gasteiger partial charge in [-0.3, -0.25) is 9.63 Å². The van der Waals surface area contributed by atoms with Crippen molar-refractivity contribution < 1.29 is 23.9 Å². The molecule has 1 N–H and O–H groups in total. The molecule has 0 spiro atoms. The van der Waals surface area contributed by atoms with Crippen LogP contribution in [0.4, 0.5) is 4.79 Å². The SMILES string of the molecule is CC(C)(C)OC(=O)NOCCCCCC(=O)OCc1ccccc1. The van der Waals surface area contributed by atoms with Gasteiger partial charge in [0.15, 0.2) is 0 Å². The Hall–Kier alpha value is -2.08. The highest BCUT2D eigenvalue weighted by molar-refractivity contribution is 5.69. The summed E-state index contributed by atoms with van der Waals surface area (Å²) in [5, 5.41) is 0. The van der Waals surface area contributed by atoms with Crippen molar-refractivity contribution in [3.63, 3.8) is 0 Å². The topological polar surface area (TPSA) is 73.9 Å². The fourth-order valence-corrected chi connectivity index (χ4v) is 1.84. The zero-order chi connectivity index (χ0) is 17.8. The van der Waals surface area contributed by atoms with Gasteiger partial charge >= 0.3 is 12.1 Å². The highest BCUT2D eigenvalue weighted by Gasteiger charge is 2.15. The number of nitrogens with one attached hydrogen (secondary N) is 1. The van der Waals surface area contributed by atoms with Crippen LogP contribution in [0.25, 0.3) is 0 Å². The molecule has 134 valence electrons. The number of hydrogen-bond donors (Lipinski definition) is 1. The number of ether oxygens (including phenoxy) is 2. The molecule has 0 bridgehead atoms. The average Bonchev–Trinajstić information content (AvgIpc) is 2.51. The summed E-state index contributed by atoms with van der Waals surface area (Å²) < 4.78 is 10.2. The summed E-state index contributed by atoms with van der Waals surface area (Å²) in [4.78, 5) is 27.9. The molecule has 0 fully saturated rings. The van der Waals surface area contributed by atoms with Gasteiger partial charge in [-0.2, -0.15) is 5.48 Å². The number of esters is 1. The smallest absolute Gasteiger partial charge is 0.431 e. The van der Waals surface area contributed by atoms with E-state index in [0.29, 0.717) is 19.6 Å². The molecule has 1 aromatic rings. The highest BCUT2D eigenvalue weighted by Crippen LogP contribution is 2.07. The van der Waals surface area contributed by atoms with Crippen LogP contribution in [-0.4, -0.2) is 24.3 Å². The molecule has 0 aliphatic carbocycles. The molecule has 0 unspecified atom stereocenters. The number of hydroxylamine groups is 1. The van der Waals surface area contributed by atoms with Crippen LogP contribution < -0.4 is 5.48 Å². The summed E-state index contributed by atoms with van der Waals surface area (Å²) in [7, 11) is 0. The molecule has 1 aromatic carbocycles. The minimum Gasteiger partial charge on any atom is -0.461 e. The van der Waals surface area contributed by atoms with E-state index in [1.165, 1.54) is 0 Å². The maximum absolute atomic E-state index is 11.6. The largest absolute Gasteiger partial charge is 0.461 e. The Morgan fingerprint density at radius 1 is 1.04 bits per heavy atom. The van der Waals surface area contributed by atoms with Crippen molar-refractivity contribution >= 4 is 12.1 Å². The van der Waals surface area contributed by atoms with E-state index in [1.54, 1.807) is 20.8 Å². The lowest BCUT2D eigenvalue weighted by molar-refractivity contribution is -0.145. The average molecular weight is 337 g/mol. The standard InChI is InChI=1S/C18H27NO5/c1-18(2,3)24-17(21)19-23-13-9-5-8-12-16(20)22-14-15-10-6-4-7-11-15/h4,6-7,10-11H,5,8-9,12-14H2,1-3H3,(H,19,21). The molecule has 0 saturated carbocycles. The van der Waals surface area contributed by atoms with Gasteiger partial charge < -0.3 is 9.47 Å². The lowest BCUT2D eigenvalue weighted by Gasteiger charge is -2.19. The molecule has 6 nitrogen and oxygen atoms in total. The second-order valence-electron chi connectivity index (χ2n) is 6.41. The maximum Gasteiger partial charge on any atom is 0.431 e. The Kier molecular flexibility index (Phi) is 8.86. The number of amides is 1. The Bertz CT molecular complexity index is 496. The summed E-state index contributed by atoms with van der Waals surface area (Å²) in [5.74, 6) is -0.202. The molecule has 0 saturated heterocycles. The highest BCUT2D eigenvalue weighted by atomic mass is 16.7. The Morgan fingerprint density at radius 2 is 1.75 bits per heavy atom. The molecule has 0 aliphatic rings. The lowest BCUT2D eigenvalue weighted by atomic mass is 10.2. The normalized spacial score (nSPS) is 11.0. The van der Waals surface area contributed by atoms with Gasteiger partial charge in [0.1, 0.15) is 12.2 Å². The molecule has 1 rings (SSSR count). The number of rotatable bonds is 9. The van der Waals surface area contributed by atoms with E-state index in [4.69, 9.17) is 14.3 Å². The van der Waals surface area contributed by atoms with Gasteiger partial charge in [0, 0.05) is 6.42 Å². The summed E-state index contributed by atoms with van der Waals surface area (Å²) in [5.41, 5.74) is 2.66. The monoisotopic (exact) mass is 337 g/mol. The molecule has 0 heterocycles. The fourth-order valence-electron chi connectivity index (χ4n) is 1.84. The minimum atomic E-state index is -0.605. The molecular weight excluding hydrogens is 310 g/mol. The quantitative estimate of drug-likeness (QED) is 0.422. The summed E-state index contributed by atoms with van der Waals surface area (Å²) in [6, 6.07) is 9.58. The molecule has 1 amide bonds. The third kappa shape index (κ3) is 10.6. The lowest BCUT2D eigenvalue weighted by Crippen LogP contribution is -2.32. The van der Waals surface area contributed by atoms with E-state index in [1.807, 2.05) is 30.3 Å². The van der Waals surface area contributed by atoms with Crippen molar-refractivity contribution in [1.29, 1.82) is 0 Å². The van der Waals surface area contributed by atoms with Crippen LogP contribution in [-0.2, 0) is 25.7 Å². The summed E-state index contributed by atoms with van der Waals surface area (Å²) >= 11 is 0. The second-order valence-corrected chi connectivity index (χ2v) is 6.41. The van der Waals surface area contributed by atoms with E-state index in [-0.39, 0.29) is 5.97 Å². The first kappa shape index (κ1) is 20.0. The first-order valence-corrected chi connectivity index (χ1v) is 8.17. The Labute approximate surface area is 143 Å². The van der Waals surface area contributed by atoms with E-state index in [2.05, 4.69) is 5.48 Å². The molecule has 24 heavy (non-hydrogen) atoms. The number of carbonyl (C=O) groups is 2. The second kappa shape index (κ2) is 10.6. The van der Waals surface area contributed by atoms with Crippen molar-refractivity contribution in [3.8, 4) is 0 Å². The minimum absolute atomic E-state index is 0.202. The number of benzene rings is 1. The van der Waals surface area contributed by atoms with Crippen molar-refractivity contribution in [3.05, 3.63) is 35.9 Å². The van der Waals surface area contributed by atoms with E-state index in [9.17, 15) is 9.59 Å². The van der Waals surface area contributed by atoms with Crippen LogP contribution in [0.2, 0.25) is 0 Å². The van der Waals surface area contributed by atoms with Crippen molar-refractivity contribution in [2.75, 3.05) is 6.61 Å². The molecule has 0 atom stereocenters. The van der Waals surface area contributed by atoms with Crippen molar-refractivity contribution in [2.24, 2.45) is 0 Å². The third-order valence-corrected chi connectivity index (χ3v) is 2.92. The van der Waals surface area contributed by atoms with Crippen LogP contribution in [0.15, 0.2) is 30.3 Å². The zero-order valence-electron chi connectivity index (χ0n) is 14.7. The zero-order valence-corrected chi connectivity index (χ0v) is 14.7. The van der Waals surface area contributed by atoms with Gasteiger partial charge in [-0.05, 0) is 39.2 Å². The van der Waals surface area contributed by atoms with Gasteiger partial charge in [-0.25, -0.2) is 4.79 Å². The molecule has 0 aromatic heterocycles. The van der Waals surface area contributed by atoms with Crippen LogP contribution in [0.5, 0.6) is 0 Å². The predicted octanol–water partition coefficient (Wildman–Crippen LogP) is 3.75. The van der Waals surface area contributed by atoms with Crippen molar-refractivity contribution in [2.45, 2.75) is 58.7 Å². The Morgan fingerprint density at radius 3 is 2.42 bits per heavy atom. The van der Waals surface area contributed by atoms with Gasteiger partial charge in [0.2, 0.25) is 0 Å². The first-order chi connectivity index (χ1) is 11.4. The van der Waals surface area contributed by atoms with Crippen LogP contribution in [0, 0.1) is 0 Å². The van der Waals surface area contributed by atoms with E-state index >= 15 is 0 Å². The maximum atomic E-state index is 11.6. The Balaban J connectivity index is 1.96. The molecule has 0 aliphatic heterocycles. The van der Waals surface area contributed by atoms with Gasteiger partial charge in [-0.15, -0.1) is 0 Å².